The van der Waals surface area contributed by atoms with Gasteiger partial charge in [-0.25, -0.2) is 8.42 Å². The molecule has 2 aromatic rings. The molecule has 0 aliphatic rings. The van der Waals surface area contributed by atoms with E-state index in [1.165, 1.54) is 11.8 Å². The number of anilines is 1. The first kappa shape index (κ1) is 30.4. The number of carbonyl (C=O) groups excluding carboxylic acids is 2. The van der Waals surface area contributed by atoms with Gasteiger partial charge in [0.25, 0.3) is 0 Å². The van der Waals surface area contributed by atoms with Gasteiger partial charge in [-0.1, -0.05) is 55.8 Å². The number of hydrogen-bond acceptors (Lipinski definition) is 4. The second-order valence-corrected chi connectivity index (χ2v) is 11.4. The highest BCUT2D eigenvalue weighted by Crippen LogP contribution is 2.37. The molecule has 0 heterocycles. The maximum atomic E-state index is 13.4. The Labute approximate surface area is 220 Å². The molecule has 0 radical (unpaired) electrons. The molecule has 2 rings (SSSR count). The molecule has 0 aliphatic heterocycles. The summed E-state index contributed by atoms with van der Waals surface area (Å²) in [7, 11) is -4.18. The third-order valence-corrected chi connectivity index (χ3v) is 7.03. The zero-order valence-corrected chi connectivity index (χ0v) is 22.6. The van der Waals surface area contributed by atoms with Crippen molar-refractivity contribution >= 4 is 39.1 Å². The van der Waals surface area contributed by atoms with Gasteiger partial charge in [0.05, 0.1) is 22.5 Å². The molecule has 0 saturated heterocycles. The topological polar surface area (TPSA) is 86.8 Å². The molecule has 2 amide bonds. The van der Waals surface area contributed by atoms with Crippen molar-refractivity contribution in [1.29, 1.82) is 0 Å². The Morgan fingerprint density at radius 3 is 2.22 bits per heavy atom. The van der Waals surface area contributed by atoms with Crippen molar-refractivity contribution in [1.82, 2.24) is 10.2 Å². The van der Waals surface area contributed by atoms with Crippen LogP contribution < -0.4 is 9.62 Å². The van der Waals surface area contributed by atoms with Crippen molar-refractivity contribution in [3.8, 4) is 0 Å². The number of amides is 2. The summed E-state index contributed by atoms with van der Waals surface area (Å²) in [6.07, 6.45) is -3.66. The first-order chi connectivity index (χ1) is 17.1. The smallest absolute Gasteiger partial charge is 0.354 e. The first-order valence-electron chi connectivity index (χ1n) is 11.6. The molecule has 2 aromatic carbocycles. The van der Waals surface area contributed by atoms with Gasteiger partial charge in [-0.15, -0.1) is 0 Å². The molecule has 12 heteroatoms. The first-order valence-corrected chi connectivity index (χ1v) is 13.8. The third-order valence-electron chi connectivity index (χ3n) is 5.56. The van der Waals surface area contributed by atoms with E-state index in [1.54, 1.807) is 0 Å². The van der Waals surface area contributed by atoms with E-state index in [-0.39, 0.29) is 18.2 Å². The van der Waals surface area contributed by atoms with E-state index in [9.17, 15) is 31.2 Å². The number of halogens is 4. The van der Waals surface area contributed by atoms with Gasteiger partial charge in [-0.05, 0) is 43.0 Å². The van der Waals surface area contributed by atoms with Crippen LogP contribution in [0.3, 0.4) is 0 Å². The van der Waals surface area contributed by atoms with E-state index in [4.69, 9.17) is 11.6 Å². The van der Waals surface area contributed by atoms with Crippen LogP contribution in [0.4, 0.5) is 18.9 Å². The van der Waals surface area contributed by atoms with Crippen LogP contribution in [0.2, 0.25) is 5.02 Å². The lowest BCUT2D eigenvalue weighted by Crippen LogP contribution is -2.52. The molecule has 37 heavy (non-hydrogen) atoms. The fourth-order valence-electron chi connectivity index (χ4n) is 3.52. The number of carbonyl (C=O) groups is 2. The van der Waals surface area contributed by atoms with E-state index < -0.39 is 51.2 Å². The van der Waals surface area contributed by atoms with Crippen molar-refractivity contribution in [2.45, 2.75) is 39.4 Å². The monoisotopic (exact) mass is 561 g/mol. The summed E-state index contributed by atoms with van der Waals surface area (Å²) < 4.78 is 65.9. The second-order valence-electron chi connectivity index (χ2n) is 9.07. The minimum absolute atomic E-state index is 0.0884. The van der Waals surface area contributed by atoms with E-state index in [0.29, 0.717) is 23.3 Å². The zero-order valence-electron chi connectivity index (χ0n) is 21.0. The summed E-state index contributed by atoms with van der Waals surface area (Å²) in [5, 5.41) is 2.16. The predicted octanol–water partition coefficient (Wildman–Crippen LogP) is 4.36. The van der Waals surface area contributed by atoms with E-state index in [1.807, 2.05) is 44.2 Å². The number of nitrogens with zero attached hydrogens (tertiary/aromatic N) is 2. The van der Waals surface area contributed by atoms with Crippen LogP contribution in [-0.2, 0) is 32.2 Å². The molecule has 0 bridgehead atoms. The van der Waals surface area contributed by atoms with Gasteiger partial charge >= 0.3 is 6.18 Å². The van der Waals surface area contributed by atoms with E-state index >= 15 is 0 Å². The van der Waals surface area contributed by atoms with Crippen LogP contribution in [0.15, 0.2) is 48.5 Å². The fraction of sp³-hybridized carbons (Fsp3) is 0.440. The lowest BCUT2D eigenvalue weighted by atomic mass is 10.1. The SMILES string of the molecule is CC(C)CNC(=O)[C@H](C)N(CCc1ccccc1)C(=O)CN(c1ccc(Cl)c(C(F)(F)F)c1)S(C)(=O)=O. The third kappa shape index (κ3) is 8.92. The normalized spacial score (nSPS) is 12.8. The maximum Gasteiger partial charge on any atom is 0.417 e. The van der Waals surface area contributed by atoms with Crippen molar-refractivity contribution in [3.05, 3.63) is 64.7 Å². The zero-order chi connectivity index (χ0) is 28.0. The second kappa shape index (κ2) is 12.6. The lowest BCUT2D eigenvalue weighted by Gasteiger charge is -2.31. The van der Waals surface area contributed by atoms with Gasteiger partial charge in [0.2, 0.25) is 21.8 Å². The molecule has 1 atom stereocenters. The lowest BCUT2D eigenvalue weighted by molar-refractivity contribution is -0.138. The maximum absolute atomic E-state index is 13.4. The Morgan fingerprint density at radius 1 is 1.05 bits per heavy atom. The number of alkyl halides is 3. The number of benzene rings is 2. The number of rotatable bonds is 11. The van der Waals surface area contributed by atoms with Crippen molar-refractivity contribution in [2.75, 3.05) is 30.2 Å². The molecule has 204 valence electrons. The van der Waals surface area contributed by atoms with Crippen LogP contribution in [0.5, 0.6) is 0 Å². The predicted molar refractivity (Wildman–Crippen MR) is 138 cm³/mol. The van der Waals surface area contributed by atoms with Crippen LogP contribution in [0.1, 0.15) is 31.9 Å². The quantitative estimate of drug-likeness (QED) is 0.442. The van der Waals surface area contributed by atoms with Crippen LogP contribution in [-0.4, -0.2) is 57.1 Å². The summed E-state index contributed by atoms with van der Waals surface area (Å²) in [5.41, 5.74) is -0.704. The van der Waals surface area contributed by atoms with Gasteiger partial charge in [-0.2, -0.15) is 13.2 Å². The van der Waals surface area contributed by atoms with Gasteiger partial charge in [-0.3, -0.25) is 13.9 Å². The van der Waals surface area contributed by atoms with E-state index in [0.717, 1.165) is 24.0 Å². The van der Waals surface area contributed by atoms with Crippen molar-refractivity contribution < 1.29 is 31.2 Å². The number of sulfonamides is 1. The van der Waals surface area contributed by atoms with Crippen LogP contribution in [0.25, 0.3) is 0 Å². The summed E-state index contributed by atoms with van der Waals surface area (Å²) in [5.74, 6) is -0.998. The van der Waals surface area contributed by atoms with Gasteiger partial charge in [0.1, 0.15) is 12.6 Å². The molecule has 0 fully saturated rings. The number of nitrogens with one attached hydrogen (secondary N) is 1. The van der Waals surface area contributed by atoms with Crippen LogP contribution >= 0.6 is 11.6 Å². The minimum atomic E-state index is -4.83. The average molecular weight is 562 g/mol. The van der Waals surface area contributed by atoms with Crippen LogP contribution in [0, 0.1) is 5.92 Å². The number of hydrogen-bond donors (Lipinski definition) is 1. The van der Waals surface area contributed by atoms with Crippen molar-refractivity contribution in [2.24, 2.45) is 5.92 Å². The van der Waals surface area contributed by atoms with E-state index in [2.05, 4.69) is 5.32 Å². The molecule has 7 nitrogen and oxygen atoms in total. The minimum Gasteiger partial charge on any atom is -0.354 e. The molecule has 0 spiro atoms. The van der Waals surface area contributed by atoms with Gasteiger partial charge < -0.3 is 10.2 Å². The Morgan fingerprint density at radius 2 is 1.68 bits per heavy atom. The fourth-order valence-corrected chi connectivity index (χ4v) is 4.59. The van der Waals surface area contributed by atoms with Gasteiger partial charge in [0, 0.05) is 13.1 Å². The Balaban J connectivity index is 2.39. The molecule has 0 saturated carbocycles. The highest BCUT2D eigenvalue weighted by atomic mass is 35.5. The van der Waals surface area contributed by atoms with Crippen molar-refractivity contribution in [3.63, 3.8) is 0 Å². The molecular weight excluding hydrogens is 531 g/mol. The largest absolute Gasteiger partial charge is 0.417 e. The Bertz CT molecular complexity index is 1190. The molecular formula is C25H31ClF3N3O4S. The van der Waals surface area contributed by atoms with Gasteiger partial charge in [0.15, 0.2) is 0 Å². The average Bonchev–Trinajstić information content (AvgIpc) is 2.80. The molecule has 0 aromatic heterocycles. The highest BCUT2D eigenvalue weighted by molar-refractivity contribution is 7.92. The molecule has 1 N–H and O–H groups in total. The standard InChI is InChI=1S/C25H31ClF3N3O4S/c1-17(2)15-30-24(34)18(3)31(13-12-19-8-6-5-7-9-19)23(33)16-32(37(4,35)36)20-10-11-22(26)21(14-20)25(27,28)29/h5-11,14,17-18H,12-13,15-16H2,1-4H3,(H,30,34)/t18-/m0/s1. The summed E-state index contributed by atoms with van der Waals surface area (Å²) in [6, 6.07) is 10.8. The Hall–Kier alpha value is -2.79. The molecule has 0 unspecified atom stereocenters. The summed E-state index contributed by atoms with van der Waals surface area (Å²) in [6.45, 7) is 5.01. The summed E-state index contributed by atoms with van der Waals surface area (Å²) in [4.78, 5) is 27.4. The highest BCUT2D eigenvalue weighted by Gasteiger charge is 2.35. The Kier molecular flexibility index (Phi) is 10.4. The summed E-state index contributed by atoms with van der Waals surface area (Å²) >= 11 is 5.68. The molecule has 0 aliphatic carbocycles.